The van der Waals surface area contributed by atoms with Crippen LogP contribution in [0.5, 0.6) is 17.2 Å². The van der Waals surface area contributed by atoms with Gasteiger partial charge >= 0.3 is 0 Å². The van der Waals surface area contributed by atoms with Gasteiger partial charge in [0.15, 0.2) is 11.7 Å². The zero-order chi connectivity index (χ0) is 34.9. The third-order valence-corrected chi connectivity index (χ3v) is 8.47. The number of methoxy groups -OCH3 is 1. The Morgan fingerprint density at radius 2 is 1.75 bits per heavy atom. The number of hydrogen-bond acceptors (Lipinski definition) is 14. The molecule has 16 nitrogen and oxygen atoms in total. The molecule has 1 aliphatic heterocycles. The summed E-state index contributed by atoms with van der Waals surface area (Å²) < 4.78 is 16.7. The first-order valence-electron chi connectivity index (χ1n) is 14.9. The number of ether oxygens (including phenoxy) is 3. The smallest absolute Gasteiger partial charge is 0.229 e. The highest BCUT2D eigenvalue weighted by atomic mass is 16.7. The summed E-state index contributed by atoms with van der Waals surface area (Å²) in [6.07, 6.45) is -6.04. The van der Waals surface area contributed by atoms with E-state index in [1.165, 1.54) is 26.3 Å². The molecule has 16 heteroatoms. The Morgan fingerprint density at radius 3 is 2.38 bits per heavy atom. The maximum atomic E-state index is 14.4. The van der Waals surface area contributed by atoms with Crippen molar-refractivity contribution < 1.29 is 54.4 Å². The number of nitrogens with one attached hydrogen (secondary N) is 1. The van der Waals surface area contributed by atoms with E-state index >= 15 is 0 Å². The number of fused-ring (bicyclic) bond motifs is 2. The third-order valence-electron chi connectivity index (χ3n) is 8.47. The van der Waals surface area contributed by atoms with Gasteiger partial charge in [-0.15, -0.1) is 0 Å². The molecule has 0 saturated carbocycles. The number of nitrogens with zero attached hydrogens (tertiary/aromatic N) is 2. The van der Waals surface area contributed by atoms with Gasteiger partial charge in [0.1, 0.15) is 47.5 Å². The second kappa shape index (κ2) is 14.1. The number of pyridine rings is 1. The molecular formula is C32H37N5O11. The number of rotatable bonds is 10. The lowest BCUT2D eigenvalue weighted by atomic mass is 9.78. The van der Waals surface area contributed by atoms with Crippen molar-refractivity contribution in [3.05, 3.63) is 75.0 Å². The average Bonchev–Trinajstić information content (AvgIpc) is 3.09. The summed E-state index contributed by atoms with van der Waals surface area (Å²) in [5.74, 6) is -2.09. The number of carbonyl (C=O) groups excluding carboxylic acids is 2. The van der Waals surface area contributed by atoms with Crippen LogP contribution in [0.2, 0.25) is 0 Å². The van der Waals surface area contributed by atoms with Crippen LogP contribution in [0.1, 0.15) is 54.1 Å². The minimum atomic E-state index is -1.85. The Labute approximate surface area is 274 Å². The number of phenols is 1. The number of aliphatic imine (C=N–C) groups is 1. The average molecular weight is 668 g/mol. The van der Waals surface area contributed by atoms with Crippen LogP contribution in [0, 0.1) is 0 Å². The molecule has 1 aromatic heterocycles. The van der Waals surface area contributed by atoms with Crippen LogP contribution in [0.25, 0.3) is 0 Å². The molecule has 5 rings (SSSR count). The number of nitrogens with two attached hydrogens (primary N) is 2. The van der Waals surface area contributed by atoms with Crippen molar-refractivity contribution in [3.63, 3.8) is 0 Å². The minimum Gasteiger partial charge on any atom is -0.507 e. The Morgan fingerprint density at radius 1 is 1.00 bits per heavy atom. The number of aliphatic hydroxyl groups is 5. The summed E-state index contributed by atoms with van der Waals surface area (Å²) in [6, 6.07) is 6.13. The first-order chi connectivity index (χ1) is 22.9. The molecular weight excluding hydrogens is 630 g/mol. The molecule has 0 unspecified atom stereocenters. The van der Waals surface area contributed by atoms with E-state index in [-0.39, 0.29) is 57.4 Å². The van der Waals surface area contributed by atoms with Gasteiger partial charge in [-0.3, -0.25) is 14.6 Å². The lowest BCUT2D eigenvalue weighted by Gasteiger charge is -2.40. The van der Waals surface area contributed by atoms with E-state index in [9.17, 15) is 40.2 Å². The largest absolute Gasteiger partial charge is 0.507 e. The van der Waals surface area contributed by atoms with Gasteiger partial charge < -0.3 is 61.6 Å². The van der Waals surface area contributed by atoms with Crippen LogP contribution in [0.3, 0.4) is 0 Å². The Hall–Kier alpha value is -4.84. The van der Waals surface area contributed by atoms with Crippen LogP contribution < -0.4 is 26.3 Å². The predicted octanol–water partition coefficient (Wildman–Crippen LogP) is -1.36. The van der Waals surface area contributed by atoms with Crippen molar-refractivity contribution in [3.8, 4) is 17.2 Å². The summed E-state index contributed by atoms with van der Waals surface area (Å²) in [5.41, 5.74) is 12.0. The van der Waals surface area contributed by atoms with E-state index in [2.05, 4.69) is 15.3 Å². The van der Waals surface area contributed by atoms with Crippen LogP contribution >= 0.6 is 0 Å². The molecule has 256 valence electrons. The zero-order valence-corrected chi connectivity index (χ0v) is 26.1. The SMILES string of the molecule is CN=C(N)NCc1c(CCc2ccc(N)nc2)cc2c(c1O)C(=O)c1c(O[C@@H]3O[C@H](CO)[C@@H](O)[C@H](O)[C@H]3O)cc(OC)c(CO)c1C2=O. The van der Waals surface area contributed by atoms with Crippen LogP contribution in [0.15, 0.2) is 35.5 Å². The van der Waals surface area contributed by atoms with E-state index in [0.29, 0.717) is 24.2 Å². The van der Waals surface area contributed by atoms with Crippen molar-refractivity contribution in [2.45, 2.75) is 56.7 Å². The summed E-state index contributed by atoms with van der Waals surface area (Å²) >= 11 is 0. The number of anilines is 1. The molecule has 3 aromatic rings. The molecule has 11 N–H and O–H groups in total. The number of benzene rings is 2. The van der Waals surface area contributed by atoms with Gasteiger partial charge in [0, 0.05) is 48.1 Å². The standard InChI is InChI=1S/C32H37N5O11/c1-35-32(34)37-10-16-14(5-3-13-4-6-21(33)36-9-13)7-15-23(26(16)41)28(43)24-19(8-18(46-2)17(11-38)22(24)25(15)40)47-31-30(45)29(44)27(42)20(12-39)48-31/h4,6-9,20,27,29-31,38-39,41-42,44-45H,3,5,10-12H2,1-2H3,(H2,33,36)(H3,34,35,37)/t20-,27-,29+,30-,31-/m1/s1. The fourth-order valence-corrected chi connectivity index (χ4v) is 5.85. The quantitative estimate of drug-likeness (QED) is 0.0698. The second-order valence-electron chi connectivity index (χ2n) is 11.3. The normalized spacial score (nSPS) is 22.2. The van der Waals surface area contributed by atoms with Gasteiger partial charge in [-0.05, 0) is 36.1 Å². The van der Waals surface area contributed by atoms with Crippen LogP contribution in [-0.2, 0) is 30.7 Å². The number of aromatic hydroxyl groups is 1. The number of aromatic nitrogens is 1. The zero-order valence-electron chi connectivity index (χ0n) is 26.1. The molecule has 0 radical (unpaired) electrons. The fraction of sp³-hybridized carbons (Fsp3) is 0.375. The lowest BCUT2D eigenvalue weighted by Crippen LogP contribution is -2.60. The molecule has 0 amide bonds. The van der Waals surface area contributed by atoms with E-state index in [4.69, 9.17) is 25.7 Å². The minimum absolute atomic E-state index is 0.0377. The van der Waals surface area contributed by atoms with Crippen LogP contribution in [0.4, 0.5) is 5.82 Å². The predicted molar refractivity (Wildman–Crippen MR) is 169 cm³/mol. The molecule has 1 saturated heterocycles. The monoisotopic (exact) mass is 667 g/mol. The Kier molecular flexibility index (Phi) is 10.1. The van der Waals surface area contributed by atoms with Crippen molar-refractivity contribution in [2.24, 2.45) is 10.7 Å². The molecule has 2 aromatic carbocycles. The molecule has 2 heterocycles. The van der Waals surface area contributed by atoms with E-state index < -0.39 is 61.2 Å². The summed E-state index contributed by atoms with van der Waals surface area (Å²) in [4.78, 5) is 36.6. The number of guanidine groups is 1. The van der Waals surface area contributed by atoms with Crippen molar-refractivity contribution in [2.75, 3.05) is 26.5 Å². The van der Waals surface area contributed by atoms with Gasteiger partial charge in [0.2, 0.25) is 12.1 Å². The van der Waals surface area contributed by atoms with Crippen LogP contribution in [-0.4, -0.2) is 105 Å². The number of aryl methyl sites for hydroxylation is 2. The molecule has 1 fully saturated rings. The van der Waals surface area contributed by atoms with E-state index in [0.717, 1.165) is 5.56 Å². The van der Waals surface area contributed by atoms with Crippen molar-refractivity contribution in [1.82, 2.24) is 10.3 Å². The first-order valence-corrected chi connectivity index (χ1v) is 14.9. The molecule has 0 spiro atoms. The number of carbonyl (C=O) groups is 2. The highest BCUT2D eigenvalue weighted by molar-refractivity contribution is 6.31. The van der Waals surface area contributed by atoms with Crippen molar-refractivity contribution in [1.29, 1.82) is 0 Å². The second-order valence-corrected chi connectivity index (χ2v) is 11.3. The number of nitrogen functional groups attached to an aromatic ring is 1. The maximum absolute atomic E-state index is 14.4. The first kappa shape index (κ1) is 34.5. The number of aliphatic hydroxyl groups excluding tert-OH is 5. The molecule has 2 aliphatic rings. The Balaban J connectivity index is 1.64. The molecule has 5 atom stereocenters. The highest BCUT2D eigenvalue weighted by Gasteiger charge is 2.46. The number of hydrogen-bond donors (Lipinski definition) is 9. The summed E-state index contributed by atoms with van der Waals surface area (Å²) in [6.45, 7) is -1.53. The maximum Gasteiger partial charge on any atom is 0.229 e. The summed E-state index contributed by atoms with van der Waals surface area (Å²) in [5, 5.41) is 65.6. The Bertz CT molecular complexity index is 1750. The third kappa shape index (κ3) is 6.24. The van der Waals surface area contributed by atoms with E-state index in [1.54, 1.807) is 18.3 Å². The number of ketones is 2. The van der Waals surface area contributed by atoms with Gasteiger partial charge in [-0.1, -0.05) is 6.07 Å². The van der Waals surface area contributed by atoms with Gasteiger partial charge in [-0.2, -0.15) is 0 Å². The lowest BCUT2D eigenvalue weighted by molar-refractivity contribution is -0.277. The summed E-state index contributed by atoms with van der Waals surface area (Å²) in [7, 11) is 2.73. The van der Waals surface area contributed by atoms with E-state index in [1.807, 2.05) is 0 Å². The van der Waals surface area contributed by atoms with Gasteiger partial charge in [-0.25, -0.2) is 4.98 Å². The number of phenolic OH excluding ortho intramolecular Hbond substituents is 1. The molecule has 48 heavy (non-hydrogen) atoms. The molecule has 0 bridgehead atoms. The van der Waals surface area contributed by atoms with Gasteiger partial charge in [0.05, 0.1) is 31.5 Å². The highest BCUT2D eigenvalue weighted by Crippen LogP contribution is 2.44. The topological polar surface area (TPSA) is 273 Å². The van der Waals surface area contributed by atoms with Gasteiger partial charge in [0.25, 0.3) is 0 Å². The molecule has 1 aliphatic carbocycles. The fourth-order valence-electron chi connectivity index (χ4n) is 5.85. The van der Waals surface area contributed by atoms with Crippen molar-refractivity contribution >= 4 is 23.3 Å².